The summed E-state index contributed by atoms with van der Waals surface area (Å²) in [5.41, 5.74) is 0.886. The van der Waals surface area contributed by atoms with Gasteiger partial charge in [-0.15, -0.1) is 0 Å². The average Bonchev–Trinajstić information content (AvgIpc) is 2.96. The summed E-state index contributed by atoms with van der Waals surface area (Å²) in [6.45, 7) is 0.515. The molecule has 0 aromatic carbocycles. The molecular weight excluding hydrogens is 493 g/mol. The predicted molar refractivity (Wildman–Crippen MR) is 136 cm³/mol. The fourth-order valence-electron chi connectivity index (χ4n) is 5.79. The van der Waals surface area contributed by atoms with Crippen molar-refractivity contribution in [3.05, 3.63) is 47.5 Å². The van der Waals surface area contributed by atoms with E-state index in [1.165, 1.54) is 19.4 Å². The lowest BCUT2D eigenvalue weighted by Crippen LogP contribution is -2.62. The first-order valence-electron chi connectivity index (χ1n) is 12.7. The summed E-state index contributed by atoms with van der Waals surface area (Å²) >= 11 is 0. The number of rotatable bonds is 6. The van der Waals surface area contributed by atoms with Gasteiger partial charge in [-0.3, -0.25) is 9.78 Å². The van der Waals surface area contributed by atoms with E-state index in [1.807, 2.05) is 19.2 Å². The monoisotopic (exact) mass is 521 g/mol. The average molecular weight is 522 g/mol. The minimum Gasteiger partial charge on any atom is -0.480 e. The fraction of sp³-hybridized carbons (Fsp3) is 0.444. The summed E-state index contributed by atoms with van der Waals surface area (Å²) < 4.78 is 31.6. The summed E-state index contributed by atoms with van der Waals surface area (Å²) in [6.07, 6.45) is 5.70. The van der Waals surface area contributed by atoms with Gasteiger partial charge in [-0.05, 0) is 62.8 Å². The van der Waals surface area contributed by atoms with E-state index in [1.54, 1.807) is 6.07 Å². The summed E-state index contributed by atoms with van der Waals surface area (Å²) in [4.78, 5) is 39.0. The van der Waals surface area contributed by atoms with Gasteiger partial charge in [-0.1, -0.05) is 0 Å². The van der Waals surface area contributed by atoms with Crippen LogP contribution in [-0.2, 0) is 20.7 Å². The second kappa shape index (κ2) is 9.16. The van der Waals surface area contributed by atoms with Crippen molar-refractivity contribution < 1.29 is 28.2 Å². The quantitative estimate of drug-likeness (QED) is 0.487. The number of esters is 1. The summed E-state index contributed by atoms with van der Waals surface area (Å²) in [6, 6.07) is 6.91. The van der Waals surface area contributed by atoms with Crippen LogP contribution in [0.15, 0.2) is 30.5 Å². The summed E-state index contributed by atoms with van der Waals surface area (Å²) in [7, 11) is 3.29. The smallest absolute Gasteiger partial charge is 0.356 e. The van der Waals surface area contributed by atoms with Gasteiger partial charge in [0.1, 0.15) is 17.3 Å². The lowest BCUT2D eigenvalue weighted by Gasteiger charge is -2.56. The van der Waals surface area contributed by atoms with E-state index in [2.05, 4.69) is 25.2 Å². The molecule has 3 aromatic rings. The second-order valence-corrected chi connectivity index (χ2v) is 10.2. The maximum absolute atomic E-state index is 14.9. The molecule has 0 spiro atoms. The predicted octanol–water partition coefficient (Wildman–Crippen LogP) is 3.43. The number of ether oxygens (including phenoxy) is 3. The van der Waals surface area contributed by atoms with Gasteiger partial charge in [0.2, 0.25) is 0 Å². The minimum absolute atomic E-state index is 0.00851. The van der Waals surface area contributed by atoms with Crippen LogP contribution in [0, 0.1) is 5.82 Å². The van der Waals surface area contributed by atoms with Gasteiger partial charge in [0, 0.05) is 12.6 Å². The molecule has 3 fully saturated rings. The Balaban J connectivity index is 1.18. The molecule has 7 rings (SSSR count). The van der Waals surface area contributed by atoms with Crippen LogP contribution in [-0.4, -0.2) is 65.3 Å². The van der Waals surface area contributed by atoms with Crippen LogP contribution in [0.4, 0.5) is 16.0 Å². The Bertz CT molecular complexity index is 1420. The molecule has 1 N–H and O–H groups in total. The molecule has 3 aromatic heterocycles. The molecule has 38 heavy (non-hydrogen) atoms. The van der Waals surface area contributed by atoms with Crippen molar-refractivity contribution in [2.45, 2.75) is 49.7 Å². The number of hydrogen-bond donors (Lipinski definition) is 1. The molecule has 6 heterocycles. The number of aromatic nitrogens is 3. The van der Waals surface area contributed by atoms with Crippen LogP contribution in [0.25, 0.3) is 11.0 Å². The van der Waals surface area contributed by atoms with Crippen LogP contribution in [0.1, 0.15) is 48.2 Å². The zero-order chi connectivity index (χ0) is 26.5. The van der Waals surface area contributed by atoms with Crippen LogP contribution in [0.2, 0.25) is 0 Å². The molecule has 0 unspecified atom stereocenters. The minimum atomic E-state index is -0.576. The molecule has 0 atom stereocenters. The number of nitrogens with one attached hydrogen (secondary N) is 1. The van der Waals surface area contributed by atoms with Crippen molar-refractivity contribution in [3.8, 4) is 5.75 Å². The summed E-state index contributed by atoms with van der Waals surface area (Å²) in [5, 5.41) is 2.77. The van der Waals surface area contributed by atoms with Crippen molar-refractivity contribution in [3.63, 3.8) is 0 Å². The first-order valence-corrected chi connectivity index (χ1v) is 12.7. The van der Waals surface area contributed by atoms with Gasteiger partial charge in [0.05, 0.1) is 42.1 Å². The standard InChI is InChI=1S/C27H28FN5O5/c1-33(21-6-5-20-24(31-21)32-22(34)14-37-20)26-9-11-27(12-10-26,38-15-26)8-7-16-17(28)13-29-18-3-4-19(25(35)36-2)30-23(16)18/h3-6,13H,7-12,14-15H2,1-2H3,(H,31,32,34). The van der Waals surface area contributed by atoms with Crippen molar-refractivity contribution in [1.29, 1.82) is 0 Å². The van der Waals surface area contributed by atoms with E-state index in [4.69, 9.17) is 14.2 Å². The highest BCUT2D eigenvalue weighted by molar-refractivity contribution is 5.94. The van der Waals surface area contributed by atoms with Crippen LogP contribution in [0.3, 0.4) is 0 Å². The zero-order valence-electron chi connectivity index (χ0n) is 21.3. The van der Waals surface area contributed by atoms with E-state index in [-0.39, 0.29) is 29.3 Å². The van der Waals surface area contributed by atoms with Crippen molar-refractivity contribution in [1.82, 2.24) is 15.0 Å². The Morgan fingerprint density at radius 2 is 2.00 bits per heavy atom. The largest absolute Gasteiger partial charge is 0.480 e. The van der Waals surface area contributed by atoms with Crippen LogP contribution in [0.5, 0.6) is 5.75 Å². The number of likely N-dealkylation sites (N-methyl/N-ethyl adjacent to an activating group) is 1. The van der Waals surface area contributed by atoms with E-state index in [0.717, 1.165) is 31.5 Å². The van der Waals surface area contributed by atoms with E-state index >= 15 is 0 Å². The fourth-order valence-corrected chi connectivity index (χ4v) is 5.79. The number of aryl methyl sites for hydroxylation is 1. The summed E-state index contributed by atoms with van der Waals surface area (Å²) in [5.74, 6) is 0.489. The van der Waals surface area contributed by atoms with Crippen LogP contribution >= 0.6 is 0 Å². The number of halogens is 1. The molecule has 1 aliphatic carbocycles. The van der Waals surface area contributed by atoms with Gasteiger partial charge in [-0.25, -0.2) is 19.2 Å². The Hall–Kier alpha value is -3.86. The number of carbonyl (C=O) groups excluding carboxylic acids is 2. The highest BCUT2D eigenvalue weighted by atomic mass is 19.1. The Labute approximate surface area is 218 Å². The first kappa shape index (κ1) is 24.5. The van der Waals surface area contributed by atoms with Crippen LogP contribution < -0.4 is 15.0 Å². The molecule has 1 amide bonds. The SMILES string of the molecule is COC(=O)c1ccc2ncc(F)c(CCC34CCC(N(C)c5ccc6c(n5)NC(=O)CO6)(CC3)CO4)c2n1. The topological polar surface area (TPSA) is 116 Å². The van der Waals surface area contributed by atoms with E-state index in [0.29, 0.717) is 47.6 Å². The second-order valence-electron chi connectivity index (χ2n) is 10.2. The van der Waals surface area contributed by atoms with Crippen molar-refractivity contribution in [2.75, 3.05) is 37.6 Å². The first-order chi connectivity index (χ1) is 18.3. The molecule has 0 radical (unpaired) electrons. The number of hydrogen-bond acceptors (Lipinski definition) is 9. The molecule has 1 saturated carbocycles. The number of pyridine rings is 3. The highest BCUT2D eigenvalue weighted by Crippen LogP contribution is 2.49. The molecular formula is C27H28FN5O5. The number of amides is 1. The van der Waals surface area contributed by atoms with E-state index in [9.17, 15) is 14.0 Å². The molecule has 3 aliphatic heterocycles. The number of fused-ring (bicyclic) bond motifs is 5. The third kappa shape index (κ3) is 4.10. The third-order valence-electron chi connectivity index (χ3n) is 8.24. The van der Waals surface area contributed by atoms with Crippen molar-refractivity contribution >= 4 is 34.5 Å². The molecule has 4 aliphatic rings. The number of nitrogens with zero attached hydrogens (tertiary/aromatic N) is 4. The van der Waals surface area contributed by atoms with Gasteiger partial charge in [-0.2, -0.15) is 0 Å². The molecule has 10 nitrogen and oxygen atoms in total. The maximum atomic E-state index is 14.9. The number of anilines is 2. The van der Waals surface area contributed by atoms with Gasteiger partial charge < -0.3 is 24.4 Å². The van der Waals surface area contributed by atoms with Gasteiger partial charge >= 0.3 is 5.97 Å². The normalized spacial score (nSPS) is 23.9. The number of carbonyl (C=O) groups is 2. The molecule has 11 heteroatoms. The van der Waals surface area contributed by atoms with Crippen molar-refractivity contribution in [2.24, 2.45) is 0 Å². The Morgan fingerprint density at radius 1 is 1.18 bits per heavy atom. The lowest BCUT2D eigenvalue weighted by atomic mass is 9.68. The van der Waals surface area contributed by atoms with Gasteiger partial charge in [0.15, 0.2) is 18.2 Å². The molecule has 2 bridgehead atoms. The molecule has 2 saturated heterocycles. The Morgan fingerprint density at radius 3 is 2.74 bits per heavy atom. The lowest BCUT2D eigenvalue weighted by molar-refractivity contribution is -0.156. The van der Waals surface area contributed by atoms with E-state index < -0.39 is 11.8 Å². The molecule has 198 valence electrons. The Kier molecular flexibility index (Phi) is 5.90. The maximum Gasteiger partial charge on any atom is 0.356 e. The third-order valence-corrected chi connectivity index (χ3v) is 8.24. The number of methoxy groups -OCH3 is 1. The van der Waals surface area contributed by atoms with Gasteiger partial charge in [0.25, 0.3) is 5.91 Å². The highest BCUT2D eigenvalue weighted by Gasteiger charge is 2.52. The zero-order valence-corrected chi connectivity index (χ0v) is 21.3.